The first kappa shape index (κ1) is 29.0. The van der Waals surface area contributed by atoms with Gasteiger partial charge in [0.15, 0.2) is 0 Å². The van der Waals surface area contributed by atoms with Gasteiger partial charge in [0.1, 0.15) is 5.82 Å². The van der Waals surface area contributed by atoms with Crippen LogP contribution < -0.4 is 0 Å². The molecule has 0 atom stereocenters. The van der Waals surface area contributed by atoms with E-state index in [9.17, 15) is 0 Å². The molecule has 11 rings (SSSR count). The van der Waals surface area contributed by atoms with E-state index in [1.54, 1.807) is 0 Å². The summed E-state index contributed by atoms with van der Waals surface area (Å²) in [4.78, 5) is 5.28. The van der Waals surface area contributed by atoms with E-state index in [1.807, 2.05) is 0 Å². The molecule has 0 unspecified atom stereocenters. The van der Waals surface area contributed by atoms with Crippen LogP contribution in [-0.4, -0.2) is 9.55 Å². The minimum Gasteiger partial charge on any atom is -0.292 e. The van der Waals surface area contributed by atoms with Gasteiger partial charge in [-0.05, 0) is 97.1 Å². The fraction of sp³-hybridized carbons (Fsp3) is 0.0200. The third-order valence-corrected chi connectivity index (χ3v) is 11.2. The largest absolute Gasteiger partial charge is 0.292 e. The molecule has 8 aromatic carbocycles. The smallest absolute Gasteiger partial charge is 0.145 e. The molecule has 2 aliphatic carbocycles. The number of hydrogen-bond donors (Lipinski definition) is 0. The Bertz CT molecular complexity index is 2800. The maximum Gasteiger partial charge on any atom is 0.145 e. The summed E-state index contributed by atoms with van der Waals surface area (Å²) in [5.41, 5.74) is 19.1. The lowest BCUT2D eigenvalue weighted by atomic mass is 9.65. The molecule has 2 heteroatoms. The molecular formula is C50H32N2. The van der Waals surface area contributed by atoms with E-state index in [2.05, 4.69) is 199 Å². The molecule has 0 saturated carbocycles. The second-order valence-corrected chi connectivity index (χ2v) is 13.9. The number of para-hydroxylation sites is 1. The van der Waals surface area contributed by atoms with Crippen molar-refractivity contribution in [3.63, 3.8) is 0 Å². The van der Waals surface area contributed by atoms with Crippen LogP contribution in [0.15, 0.2) is 194 Å². The van der Waals surface area contributed by atoms with E-state index < -0.39 is 5.41 Å². The first-order valence-corrected chi connectivity index (χ1v) is 18.0. The monoisotopic (exact) mass is 660 g/mol. The average Bonchev–Trinajstić information content (AvgIpc) is 3.72. The van der Waals surface area contributed by atoms with Crippen LogP contribution in [0.1, 0.15) is 22.3 Å². The van der Waals surface area contributed by atoms with Crippen molar-refractivity contribution in [3.8, 4) is 61.6 Å². The zero-order chi connectivity index (χ0) is 34.2. The molecule has 0 radical (unpaired) electrons. The van der Waals surface area contributed by atoms with Crippen LogP contribution in [0.2, 0.25) is 0 Å². The fourth-order valence-corrected chi connectivity index (χ4v) is 9.11. The standard InChI is InChI=1S/C50H32N2/c1-3-15-33(16-4-1)49-51-47-32-35(28-30-48(47)52(49)36-17-5-2-6-18-36)34-27-29-46-42(31-34)38-20-8-7-19-37(38)39-21-9-12-24-43(39)50(46)44-25-13-10-22-40(44)41-23-11-14-26-45(41)50/h1-32H. The number of nitrogens with zero attached hydrogens (tertiary/aromatic N) is 2. The van der Waals surface area contributed by atoms with Gasteiger partial charge < -0.3 is 0 Å². The van der Waals surface area contributed by atoms with Gasteiger partial charge in [-0.25, -0.2) is 4.98 Å². The Balaban J connectivity index is 1.18. The summed E-state index contributed by atoms with van der Waals surface area (Å²) in [6, 6.07) is 71.0. The summed E-state index contributed by atoms with van der Waals surface area (Å²) in [5.74, 6) is 0.938. The predicted molar refractivity (Wildman–Crippen MR) is 214 cm³/mol. The summed E-state index contributed by atoms with van der Waals surface area (Å²) in [6.45, 7) is 0. The van der Waals surface area contributed by atoms with Crippen molar-refractivity contribution in [1.29, 1.82) is 0 Å². The number of hydrogen-bond acceptors (Lipinski definition) is 1. The van der Waals surface area contributed by atoms with Gasteiger partial charge in [0.25, 0.3) is 0 Å². The van der Waals surface area contributed by atoms with E-state index in [4.69, 9.17) is 4.98 Å². The zero-order valence-electron chi connectivity index (χ0n) is 28.4. The summed E-state index contributed by atoms with van der Waals surface area (Å²) >= 11 is 0. The van der Waals surface area contributed by atoms with Crippen molar-refractivity contribution >= 4 is 11.0 Å². The zero-order valence-corrected chi connectivity index (χ0v) is 28.4. The molecular weight excluding hydrogens is 629 g/mol. The lowest BCUT2D eigenvalue weighted by molar-refractivity contribution is 0.775. The van der Waals surface area contributed by atoms with Gasteiger partial charge in [-0.3, -0.25) is 4.57 Å². The lowest BCUT2D eigenvalue weighted by Gasteiger charge is -2.35. The molecule has 1 aromatic heterocycles. The molecule has 0 aliphatic heterocycles. The van der Waals surface area contributed by atoms with Crippen LogP contribution in [0, 0.1) is 0 Å². The van der Waals surface area contributed by atoms with Crippen molar-refractivity contribution in [2.24, 2.45) is 0 Å². The molecule has 0 saturated heterocycles. The van der Waals surface area contributed by atoms with Crippen molar-refractivity contribution in [1.82, 2.24) is 9.55 Å². The molecule has 2 aliphatic rings. The Kier molecular flexibility index (Phi) is 6.20. The quantitative estimate of drug-likeness (QED) is 0.184. The highest BCUT2D eigenvalue weighted by molar-refractivity contribution is 5.98. The maximum absolute atomic E-state index is 5.28. The molecule has 242 valence electrons. The van der Waals surface area contributed by atoms with Gasteiger partial charge in [0.05, 0.1) is 16.4 Å². The topological polar surface area (TPSA) is 17.8 Å². The molecule has 0 bridgehead atoms. The van der Waals surface area contributed by atoms with Gasteiger partial charge in [0, 0.05) is 11.3 Å². The minimum atomic E-state index is -0.473. The van der Waals surface area contributed by atoms with Crippen LogP contribution in [0.5, 0.6) is 0 Å². The number of imidazole rings is 1. The van der Waals surface area contributed by atoms with Crippen LogP contribution in [0.25, 0.3) is 72.6 Å². The first-order chi connectivity index (χ1) is 25.8. The minimum absolute atomic E-state index is 0.473. The van der Waals surface area contributed by atoms with E-state index in [1.165, 1.54) is 61.2 Å². The molecule has 1 heterocycles. The molecule has 0 fully saturated rings. The van der Waals surface area contributed by atoms with E-state index in [0.717, 1.165) is 33.7 Å². The third-order valence-electron chi connectivity index (χ3n) is 11.2. The Morgan fingerprint density at radius 3 is 1.44 bits per heavy atom. The van der Waals surface area contributed by atoms with Crippen molar-refractivity contribution < 1.29 is 0 Å². The van der Waals surface area contributed by atoms with Gasteiger partial charge in [-0.15, -0.1) is 0 Å². The van der Waals surface area contributed by atoms with E-state index in [0.29, 0.717) is 0 Å². The Labute approximate surface area is 303 Å². The fourth-order valence-electron chi connectivity index (χ4n) is 9.11. The van der Waals surface area contributed by atoms with Crippen LogP contribution >= 0.6 is 0 Å². The Morgan fingerprint density at radius 1 is 0.346 bits per heavy atom. The Morgan fingerprint density at radius 2 is 0.808 bits per heavy atom. The maximum atomic E-state index is 5.28. The molecule has 0 N–H and O–H groups in total. The summed E-state index contributed by atoms with van der Waals surface area (Å²) in [6.07, 6.45) is 0. The molecule has 52 heavy (non-hydrogen) atoms. The van der Waals surface area contributed by atoms with Gasteiger partial charge >= 0.3 is 0 Å². The second-order valence-electron chi connectivity index (χ2n) is 13.9. The van der Waals surface area contributed by atoms with E-state index >= 15 is 0 Å². The second kappa shape index (κ2) is 11.1. The van der Waals surface area contributed by atoms with Crippen molar-refractivity contribution in [2.45, 2.75) is 5.41 Å². The lowest BCUT2D eigenvalue weighted by Crippen LogP contribution is -2.29. The van der Waals surface area contributed by atoms with Crippen molar-refractivity contribution in [3.05, 3.63) is 216 Å². The Hall–Kier alpha value is -6.77. The highest BCUT2D eigenvalue weighted by Gasteiger charge is 2.49. The molecule has 2 nitrogen and oxygen atoms in total. The number of aromatic nitrogens is 2. The average molecular weight is 661 g/mol. The highest BCUT2D eigenvalue weighted by atomic mass is 15.1. The molecule has 9 aromatic rings. The summed E-state index contributed by atoms with van der Waals surface area (Å²) < 4.78 is 2.28. The van der Waals surface area contributed by atoms with Gasteiger partial charge in [-0.1, -0.05) is 164 Å². The summed E-state index contributed by atoms with van der Waals surface area (Å²) in [7, 11) is 0. The van der Waals surface area contributed by atoms with Crippen LogP contribution in [0.3, 0.4) is 0 Å². The SMILES string of the molecule is c1ccc(-c2nc3cc(-c4ccc5c(c4)-c4ccccc4-c4ccccc4C54c5ccccc5-c5ccccc54)ccc3n2-c2ccccc2)cc1. The third kappa shape index (κ3) is 3.98. The van der Waals surface area contributed by atoms with Gasteiger partial charge in [-0.2, -0.15) is 0 Å². The number of rotatable bonds is 3. The molecule has 0 amide bonds. The highest BCUT2D eigenvalue weighted by Crippen LogP contribution is 2.61. The first-order valence-electron chi connectivity index (χ1n) is 18.0. The predicted octanol–water partition coefficient (Wildman–Crippen LogP) is 12.4. The van der Waals surface area contributed by atoms with E-state index in [-0.39, 0.29) is 0 Å². The normalized spacial score (nSPS) is 13.2. The van der Waals surface area contributed by atoms with Crippen LogP contribution in [-0.2, 0) is 5.41 Å². The van der Waals surface area contributed by atoms with Crippen LogP contribution in [0.4, 0.5) is 0 Å². The number of fused-ring (bicyclic) bond motifs is 13. The van der Waals surface area contributed by atoms with Gasteiger partial charge in [0.2, 0.25) is 0 Å². The van der Waals surface area contributed by atoms with Crippen molar-refractivity contribution in [2.75, 3.05) is 0 Å². The summed E-state index contributed by atoms with van der Waals surface area (Å²) in [5, 5.41) is 0. The molecule has 1 spiro atoms. The number of benzene rings is 8.